The summed E-state index contributed by atoms with van der Waals surface area (Å²) in [5, 5.41) is 2.03. The van der Waals surface area contributed by atoms with Gasteiger partial charge in [0.25, 0.3) is 11.8 Å². The molecule has 1 N–H and O–H groups in total. The fourth-order valence-corrected chi connectivity index (χ4v) is 0.710. The third-order valence-electron chi connectivity index (χ3n) is 1.34. The number of carbonyl (C=O) groups is 2. The van der Waals surface area contributed by atoms with Gasteiger partial charge in [-0.1, -0.05) is 33.1 Å². The number of hydrogen-bond acceptors (Lipinski definition) is 2. The number of rotatable bonds is 2. The van der Waals surface area contributed by atoms with Gasteiger partial charge in [0.05, 0.1) is 0 Å². The molecule has 1 rings (SSSR count). The minimum Gasteiger partial charge on any atom is -0.289 e. The van der Waals surface area contributed by atoms with Gasteiger partial charge in [-0.25, -0.2) is 0 Å². The van der Waals surface area contributed by atoms with Crippen LogP contribution in [0.15, 0.2) is 12.2 Å². The molecule has 1 heterocycles. The fourth-order valence-electron chi connectivity index (χ4n) is 0.710. The zero-order valence-electron chi connectivity index (χ0n) is 7.59. The van der Waals surface area contributed by atoms with Gasteiger partial charge in [-0.2, -0.15) is 0 Å². The highest BCUT2D eigenvalue weighted by Crippen LogP contribution is 1.88. The van der Waals surface area contributed by atoms with E-state index in [1.165, 1.54) is 31.4 Å². The van der Waals surface area contributed by atoms with Crippen molar-refractivity contribution in [3.8, 4) is 0 Å². The van der Waals surface area contributed by atoms with Crippen LogP contribution in [0.2, 0.25) is 0 Å². The van der Waals surface area contributed by atoms with Crippen LogP contribution in [0.4, 0.5) is 0 Å². The van der Waals surface area contributed by atoms with E-state index in [1.807, 2.05) is 5.32 Å². The van der Waals surface area contributed by atoms with Gasteiger partial charge in [0.15, 0.2) is 0 Å². The van der Waals surface area contributed by atoms with Crippen LogP contribution in [0.25, 0.3) is 0 Å². The van der Waals surface area contributed by atoms with Gasteiger partial charge in [0, 0.05) is 12.2 Å². The number of amides is 2. The van der Waals surface area contributed by atoms with Crippen molar-refractivity contribution in [3.05, 3.63) is 12.2 Å². The van der Waals surface area contributed by atoms with Crippen LogP contribution in [0, 0.1) is 0 Å². The SMILES string of the molecule is CCCCC.O=C1C=CC(=O)N1. The molecule has 12 heavy (non-hydrogen) atoms. The second-order valence-electron chi connectivity index (χ2n) is 2.54. The monoisotopic (exact) mass is 169 g/mol. The minimum absolute atomic E-state index is 0.329. The first-order valence-corrected chi connectivity index (χ1v) is 4.23. The fraction of sp³-hybridized carbons (Fsp3) is 0.556. The highest BCUT2D eigenvalue weighted by Gasteiger charge is 2.06. The molecule has 0 aromatic carbocycles. The lowest BCUT2D eigenvalue weighted by atomic mass is 10.3. The van der Waals surface area contributed by atoms with E-state index in [0.29, 0.717) is 0 Å². The number of hydrogen-bond donors (Lipinski definition) is 1. The summed E-state index contributed by atoms with van der Waals surface area (Å²) < 4.78 is 0. The van der Waals surface area contributed by atoms with Crippen molar-refractivity contribution in [3.63, 3.8) is 0 Å². The Balaban J connectivity index is 0.000000217. The Morgan fingerprint density at radius 3 is 1.58 bits per heavy atom. The van der Waals surface area contributed by atoms with Crippen LogP contribution in [0.5, 0.6) is 0 Å². The van der Waals surface area contributed by atoms with Crippen LogP contribution in [-0.4, -0.2) is 11.8 Å². The molecule has 0 aromatic rings. The summed E-state index contributed by atoms with van der Waals surface area (Å²) >= 11 is 0. The Morgan fingerprint density at radius 1 is 1.08 bits per heavy atom. The smallest absolute Gasteiger partial charge is 0.250 e. The molecule has 0 saturated heterocycles. The van der Waals surface area contributed by atoms with Gasteiger partial charge < -0.3 is 0 Å². The van der Waals surface area contributed by atoms with Crippen molar-refractivity contribution in [1.29, 1.82) is 0 Å². The lowest BCUT2D eigenvalue weighted by molar-refractivity contribution is -0.123. The Labute approximate surface area is 72.8 Å². The van der Waals surface area contributed by atoms with Crippen molar-refractivity contribution in [2.45, 2.75) is 33.1 Å². The molecule has 0 bridgehead atoms. The highest BCUT2D eigenvalue weighted by molar-refractivity contribution is 6.12. The van der Waals surface area contributed by atoms with Gasteiger partial charge in [-0.05, 0) is 0 Å². The molecule has 0 saturated carbocycles. The molecule has 1 aliphatic heterocycles. The quantitative estimate of drug-likeness (QED) is 0.635. The molecule has 3 nitrogen and oxygen atoms in total. The molecule has 0 unspecified atom stereocenters. The zero-order chi connectivity index (χ0) is 9.40. The lowest BCUT2D eigenvalue weighted by Crippen LogP contribution is -2.19. The first-order valence-electron chi connectivity index (χ1n) is 4.23. The van der Waals surface area contributed by atoms with Gasteiger partial charge >= 0.3 is 0 Å². The van der Waals surface area contributed by atoms with Crippen molar-refractivity contribution < 1.29 is 9.59 Å². The van der Waals surface area contributed by atoms with Crippen molar-refractivity contribution >= 4 is 11.8 Å². The van der Waals surface area contributed by atoms with E-state index in [9.17, 15) is 9.59 Å². The standard InChI is InChI=1S/C5H12.C4H3NO2/c1-3-5-4-2;6-3-1-2-4(7)5-3/h3-5H2,1-2H3;1-2H,(H,5,6,7). The first kappa shape index (κ1) is 10.9. The molecule has 2 amide bonds. The third kappa shape index (κ3) is 5.65. The maximum absolute atomic E-state index is 10.0. The van der Waals surface area contributed by atoms with Crippen molar-refractivity contribution in [2.75, 3.05) is 0 Å². The van der Waals surface area contributed by atoms with Crippen LogP contribution in [-0.2, 0) is 9.59 Å². The van der Waals surface area contributed by atoms with E-state index in [1.54, 1.807) is 0 Å². The zero-order valence-corrected chi connectivity index (χ0v) is 7.59. The van der Waals surface area contributed by atoms with Crippen molar-refractivity contribution in [1.82, 2.24) is 5.32 Å². The number of imide groups is 1. The summed E-state index contributed by atoms with van der Waals surface area (Å²) in [6, 6.07) is 0. The molecule has 68 valence electrons. The first-order chi connectivity index (χ1) is 5.70. The Bertz CT molecular complexity index is 167. The van der Waals surface area contributed by atoms with Crippen molar-refractivity contribution in [2.24, 2.45) is 0 Å². The maximum Gasteiger partial charge on any atom is 0.250 e. The third-order valence-corrected chi connectivity index (χ3v) is 1.34. The molecular formula is C9H15NO2. The molecule has 3 heteroatoms. The van der Waals surface area contributed by atoms with Crippen LogP contribution < -0.4 is 5.32 Å². The number of unbranched alkanes of at least 4 members (excludes halogenated alkanes) is 2. The molecule has 0 radical (unpaired) electrons. The average molecular weight is 169 g/mol. The maximum atomic E-state index is 10.0. The predicted octanol–water partition coefficient (Wildman–Crippen LogP) is 1.40. The normalized spacial score (nSPS) is 13.8. The van der Waals surface area contributed by atoms with Gasteiger partial charge in [-0.15, -0.1) is 0 Å². The molecule has 0 fully saturated rings. The Kier molecular flexibility index (Phi) is 5.97. The summed E-state index contributed by atoms with van der Waals surface area (Å²) in [6.45, 7) is 4.42. The number of nitrogens with one attached hydrogen (secondary N) is 1. The molecule has 0 aromatic heterocycles. The summed E-state index contributed by atoms with van der Waals surface area (Å²) in [5.74, 6) is -0.657. The average Bonchev–Trinajstić information content (AvgIpc) is 2.38. The van der Waals surface area contributed by atoms with Crippen LogP contribution in [0.3, 0.4) is 0 Å². The van der Waals surface area contributed by atoms with Crippen LogP contribution in [0.1, 0.15) is 33.1 Å². The van der Waals surface area contributed by atoms with Gasteiger partial charge in [-0.3, -0.25) is 14.9 Å². The van der Waals surface area contributed by atoms with Gasteiger partial charge in [0.1, 0.15) is 0 Å². The second-order valence-corrected chi connectivity index (χ2v) is 2.54. The topological polar surface area (TPSA) is 46.2 Å². The van der Waals surface area contributed by atoms with E-state index in [0.717, 1.165) is 0 Å². The van der Waals surface area contributed by atoms with E-state index < -0.39 is 0 Å². The largest absolute Gasteiger partial charge is 0.289 e. The van der Waals surface area contributed by atoms with Crippen LogP contribution >= 0.6 is 0 Å². The summed E-state index contributed by atoms with van der Waals surface area (Å²) in [7, 11) is 0. The van der Waals surface area contributed by atoms with E-state index in [2.05, 4.69) is 13.8 Å². The Morgan fingerprint density at radius 2 is 1.50 bits per heavy atom. The van der Waals surface area contributed by atoms with E-state index >= 15 is 0 Å². The summed E-state index contributed by atoms with van der Waals surface area (Å²) in [4.78, 5) is 20.1. The highest BCUT2D eigenvalue weighted by atomic mass is 16.2. The van der Waals surface area contributed by atoms with Gasteiger partial charge in [0.2, 0.25) is 0 Å². The summed E-state index contributed by atoms with van der Waals surface area (Å²) in [6.07, 6.45) is 6.47. The number of carbonyl (C=O) groups excluding carboxylic acids is 2. The molecule has 0 spiro atoms. The molecular weight excluding hydrogens is 154 g/mol. The molecule has 0 atom stereocenters. The Hall–Kier alpha value is -1.12. The van der Waals surface area contributed by atoms with E-state index in [4.69, 9.17) is 0 Å². The lowest BCUT2D eigenvalue weighted by Gasteiger charge is -1.80. The second kappa shape index (κ2) is 6.58. The molecule has 0 aliphatic carbocycles. The molecule has 1 aliphatic rings. The summed E-state index contributed by atoms with van der Waals surface area (Å²) in [5.41, 5.74) is 0. The predicted molar refractivity (Wildman–Crippen MR) is 47.5 cm³/mol. The van der Waals surface area contributed by atoms with E-state index in [-0.39, 0.29) is 11.8 Å². The minimum atomic E-state index is -0.329.